The molecule has 5 nitrogen and oxygen atoms in total. The summed E-state index contributed by atoms with van der Waals surface area (Å²) in [5.74, 6) is 1.95. The minimum atomic E-state index is -2.88. The van der Waals surface area contributed by atoms with Gasteiger partial charge in [-0.15, -0.1) is 0 Å². The van der Waals surface area contributed by atoms with Gasteiger partial charge < -0.3 is 14.8 Å². The molecule has 1 N–H and O–H groups in total. The van der Waals surface area contributed by atoms with Crippen molar-refractivity contribution in [1.82, 2.24) is 5.32 Å². The third kappa shape index (κ3) is 2.44. The number of ether oxygens (including phenoxy) is 2. The Labute approximate surface area is 106 Å². The monoisotopic (exact) mass is 269 g/mol. The van der Waals surface area contributed by atoms with E-state index >= 15 is 0 Å². The third-order valence-corrected chi connectivity index (χ3v) is 4.96. The summed E-state index contributed by atoms with van der Waals surface area (Å²) in [4.78, 5) is 0. The molecule has 98 valence electrons. The first-order valence-electron chi connectivity index (χ1n) is 5.95. The Morgan fingerprint density at radius 3 is 2.94 bits per heavy atom. The number of benzene rings is 1. The fraction of sp³-hybridized carbons (Fsp3) is 0.500. The van der Waals surface area contributed by atoms with Crippen LogP contribution < -0.4 is 14.8 Å². The lowest BCUT2D eigenvalue weighted by atomic mass is 10.1. The van der Waals surface area contributed by atoms with Crippen LogP contribution in [0.5, 0.6) is 11.5 Å². The van der Waals surface area contributed by atoms with Crippen molar-refractivity contribution in [3.8, 4) is 11.5 Å². The lowest BCUT2D eigenvalue weighted by Crippen LogP contribution is -2.46. The molecular weight excluding hydrogens is 254 g/mol. The maximum absolute atomic E-state index is 11.6. The minimum absolute atomic E-state index is 0.0101. The van der Waals surface area contributed by atoms with Crippen molar-refractivity contribution < 1.29 is 17.9 Å². The average Bonchev–Trinajstić information content (AvgIpc) is 2.74. The smallest absolute Gasteiger partial charge is 0.231 e. The summed E-state index contributed by atoms with van der Waals surface area (Å²) in [5, 5.41) is 3.24. The van der Waals surface area contributed by atoms with Crippen LogP contribution in [0.2, 0.25) is 0 Å². The molecule has 1 saturated heterocycles. The summed E-state index contributed by atoms with van der Waals surface area (Å²) in [6, 6.07) is 5.74. The lowest BCUT2D eigenvalue weighted by Gasteiger charge is -2.23. The Morgan fingerprint density at radius 1 is 1.28 bits per heavy atom. The summed E-state index contributed by atoms with van der Waals surface area (Å²) in [6.07, 6.45) is 0.690. The van der Waals surface area contributed by atoms with Gasteiger partial charge in [0.15, 0.2) is 21.3 Å². The van der Waals surface area contributed by atoms with Crippen molar-refractivity contribution in [2.75, 3.05) is 24.8 Å². The molecule has 6 heteroatoms. The summed E-state index contributed by atoms with van der Waals surface area (Å²) in [6.45, 7) is 0.798. The standard InChI is InChI=1S/C12H15NO4S/c14-18(15)4-3-13-10(7-18)5-9-1-2-11-12(6-9)17-8-16-11/h1-2,6,10,13H,3-5,7-8H2. The zero-order chi connectivity index (χ0) is 12.6. The molecule has 0 saturated carbocycles. The van der Waals surface area contributed by atoms with Crippen LogP contribution in [-0.2, 0) is 16.3 Å². The summed E-state index contributed by atoms with van der Waals surface area (Å²) < 4.78 is 33.7. The Morgan fingerprint density at radius 2 is 2.11 bits per heavy atom. The third-order valence-electron chi connectivity index (χ3n) is 3.22. The van der Waals surface area contributed by atoms with Gasteiger partial charge in [-0.1, -0.05) is 6.07 Å². The Bertz CT molecular complexity index is 555. The zero-order valence-corrected chi connectivity index (χ0v) is 10.7. The number of rotatable bonds is 2. The van der Waals surface area contributed by atoms with Crippen LogP contribution in [0.4, 0.5) is 0 Å². The van der Waals surface area contributed by atoms with Crippen molar-refractivity contribution in [2.45, 2.75) is 12.5 Å². The van der Waals surface area contributed by atoms with E-state index in [1.165, 1.54) is 0 Å². The first-order valence-corrected chi connectivity index (χ1v) is 7.77. The minimum Gasteiger partial charge on any atom is -0.454 e. The average molecular weight is 269 g/mol. The van der Waals surface area contributed by atoms with E-state index in [1.54, 1.807) is 0 Å². The zero-order valence-electron chi connectivity index (χ0n) is 9.89. The maximum Gasteiger partial charge on any atom is 0.231 e. The van der Waals surface area contributed by atoms with Crippen LogP contribution in [0.1, 0.15) is 5.56 Å². The van der Waals surface area contributed by atoms with E-state index in [0.29, 0.717) is 13.0 Å². The Hall–Kier alpha value is -1.27. The van der Waals surface area contributed by atoms with Gasteiger partial charge in [-0.25, -0.2) is 8.42 Å². The number of hydrogen-bond donors (Lipinski definition) is 1. The number of sulfone groups is 1. The molecule has 0 spiro atoms. The van der Waals surface area contributed by atoms with Crippen LogP contribution in [0.25, 0.3) is 0 Å². The first-order chi connectivity index (χ1) is 8.62. The van der Waals surface area contributed by atoms with Gasteiger partial charge in [-0.05, 0) is 24.1 Å². The number of hydrogen-bond acceptors (Lipinski definition) is 5. The van der Waals surface area contributed by atoms with E-state index in [-0.39, 0.29) is 24.3 Å². The Kier molecular flexibility index (Phi) is 2.91. The van der Waals surface area contributed by atoms with Crippen molar-refractivity contribution >= 4 is 9.84 Å². The highest BCUT2D eigenvalue weighted by molar-refractivity contribution is 7.91. The van der Waals surface area contributed by atoms with E-state index in [0.717, 1.165) is 17.1 Å². The van der Waals surface area contributed by atoms with Gasteiger partial charge in [0.25, 0.3) is 0 Å². The fourth-order valence-corrected chi connectivity index (χ4v) is 3.80. The predicted molar refractivity (Wildman–Crippen MR) is 66.7 cm³/mol. The predicted octanol–water partition coefficient (Wildman–Crippen LogP) is 0.344. The van der Waals surface area contributed by atoms with Crippen LogP contribution in [-0.4, -0.2) is 39.3 Å². The molecule has 2 aliphatic heterocycles. The molecule has 1 aromatic carbocycles. The van der Waals surface area contributed by atoms with Gasteiger partial charge >= 0.3 is 0 Å². The second-order valence-corrected chi connectivity index (χ2v) is 6.89. The van der Waals surface area contributed by atoms with Crippen molar-refractivity contribution in [3.63, 3.8) is 0 Å². The molecule has 2 heterocycles. The molecule has 1 aromatic rings. The molecule has 18 heavy (non-hydrogen) atoms. The summed E-state index contributed by atoms with van der Waals surface area (Å²) in [5.41, 5.74) is 1.06. The van der Waals surface area contributed by atoms with Gasteiger partial charge in [-0.2, -0.15) is 0 Å². The van der Waals surface area contributed by atoms with Gasteiger partial charge in [0, 0.05) is 12.6 Å². The van der Waals surface area contributed by atoms with E-state index < -0.39 is 9.84 Å². The highest BCUT2D eigenvalue weighted by Crippen LogP contribution is 2.32. The molecular formula is C12H15NO4S. The van der Waals surface area contributed by atoms with Crippen molar-refractivity contribution in [1.29, 1.82) is 0 Å². The highest BCUT2D eigenvalue weighted by Gasteiger charge is 2.24. The fourth-order valence-electron chi connectivity index (χ4n) is 2.35. The van der Waals surface area contributed by atoms with Crippen LogP contribution >= 0.6 is 0 Å². The van der Waals surface area contributed by atoms with Crippen molar-refractivity contribution in [2.24, 2.45) is 0 Å². The number of fused-ring (bicyclic) bond motifs is 1. The summed E-state index contributed by atoms with van der Waals surface area (Å²) in [7, 11) is -2.88. The van der Waals surface area contributed by atoms with Gasteiger partial charge in [0.1, 0.15) is 0 Å². The van der Waals surface area contributed by atoms with Gasteiger partial charge in [0.05, 0.1) is 11.5 Å². The SMILES string of the molecule is O=S1(=O)CCNC(Cc2ccc3c(c2)OCO3)C1. The maximum atomic E-state index is 11.6. The molecule has 0 amide bonds. The molecule has 0 radical (unpaired) electrons. The van der Waals surface area contributed by atoms with E-state index in [2.05, 4.69) is 5.32 Å². The molecule has 2 aliphatic rings. The molecule has 1 atom stereocenters. The first kappa shape index (κ1) is 11.8. The Balaban J connectivity index is 1.73. The highest BCUT2D eigenvalue weighted by atomic mass is 32.2. The molecule has 0 bridgehead atoms. The van der Waals surface area contributed by atoms with Crippen LogP contribution in [0.3, 0.4) is 0 Å². The molecule has 1 unspecified atom stereocenters. The second-order valence-electron chi connectivity index (χ2n) is 4.66. The molecule has 0 aromatic heterocycles. The van der Waals surface area contributed by atoms with Gasteiger partial charge in [0.2, 0.25) is 6.79 Å². The quantitative estimate of drug-likeness (QED) is 0.839. The normalized spacial score (nSPS) is 25.0. The molecule has 0 aliphatic carbocycles. The largest absolute Gasteiger partial charge is 0.454 e. The second kappa shape index (κ2) is 4.44. The molecule has 3 rings (SSSR count). The van der Waals surface area contributed by atoms with Crippen LogP contribution in [0, 0.1) is 0 Å². The van der Waals surface area contributed by atoms with Crippen LogP contribution in [0.15, 0.2) is 18.2 Å². The molecule has 1 fully saturated rings. The topological polar surface area (TPSA) is 64.6 Å². The lowest BCUT2D eigenvalue weighted by molar-refractivity contribution is 0.174. The van der Waals surface area contributed by atoms with E-state index in [9.17, 15) is 8.42 Å². The van der Waals surface area contributed by atoms with Crippen molar-refractivity contribution in [3.05, 3.63) is 23.8 Å². The summed E-state index contributed by atoms with van der Waals surface area (Å²) >= 11 is 0. The van der Waals surface area contributed by atoms with Gasteiger partial charge in [-0.3, -0.25) is 0 Å². The van der Waals surface area contributed by atoms with E-state index in [4.69, 9.17) is 9.47 Å². The van der Waals surface area contributed by atoms with E-state index in [1.807, 2.05) is 18.2 Å². The number of nitrogens with one attached hydrogen (secondary N) is 1.